The number of anilines is 1. The minimum Gasteiger partial charge on any atom is -0.497 e. The van der Waals surface area contributed by atoms with E-state index < -0.39 is 28.5 Å². The normalized spacial score (nSPS) is 12.0. The minimum absolute atomic E-state index is 0.157. The Morgan fingerprint density at radius 2 is 1.82 bits per heavy atom. The first-order chi connectivity index (χ1) is 16.1. The number of carbonyl (C=O) groups is 2. The van der Waals surface area contributed by atoms with E-state index in [2.05, 4.69) is 21.2 Å². The zero-order chi connectivity index (χ0) is 25.3. The molecule has 0 spiro atoms. The molecular weight excluding hydrogens is 522 g/mol. The number of ether oxygens (including phenoxy) is 1. The van der Waals surface area contributed by atoms with E-state index in [0.717, 1.165) is 33.4 Å². The van der Waals surface area contributed by atoms with Crippen molar-refractivity contribution in [2.24, 2.45) is 0 Å². The van der Waals surface area contributed by atoms with Crippen LogP contribution in [0, 0.1) is 0 Å². The molecule has 8 nitrogen and oxygen atoms in total. The Kier molecular flexibility index (Phi) is 10.4. The Labute approximate surface area is 210 Å². The number of unbranched alkanes of at least 4 members (excludes halogenated alkanes) is 1. The van der Waals surface area contributed by atoms with Gasteiger partial charge in [-0.05, 0) is 43.2 Å². The van der Waals surface area contributed by atoms with Gasteiger partial charge in [0.25, 0.3) is 0 Å². The lowest BCUT2D eigenvalue weighted by molar-refractivity contribution is -0.139. The number of carbonyl (C=O) groups excluding carboxylic acids is 2. The number of benzene rings is 2. The van der Waals surface area contributed by atoms with Gasteiger partial charge in [0.1, 0.15) is 18.3 Å². The standard InChI is InChI=1S/C24H32BrN3O5S/c1-5-6-14-26-24(30)18(2)27(16-19-10-12-20(25)13-11-19)23(29)17-28(34(4,31)32)21-8-7-9-22(15-21)33-3/h7-13,15,18H,5-6,14,16-17H2,1-4H3,(H,26,30)/t18-/m1/s1. The van der Waals surface area contributed by atoms with Crippen LogP contribution in [0.25, 0.3) is 0 Å². The maximum atomic E-state index is 13.5. The summed E-state index contributed by atoms with van der Waals surface area (Å²) in [5, 5.41) is 2.86. The summed E-state index contributed by atoms with van der Waals surface area (Å²) in [4.78, 5) is 27.7. The van der Waals surface area contributed by atoms with Crippen LogP contribution >= 0.6 is 15.9 Å². The number of halogens is 1. The summed E-state index contributed by atoms with van der Waals surface area (Å²) in [6.45, 7) is 3.89. The quantitative estimate of drug-likeness (QED) is 0.405. The predicted molar refractivity (Wildman–Crippen MR) is 137 cm³/mol. The number of hydrogen-bond acceptors (Lipinski definition) is 5. The Morgan fingerprint density at radius 3 is 2.41 bits per heavy atom. The van der Waals surface area contributed by atoms with Crippen LogP contribution in [-0.4, -0.2) is 57.6 Å². The fourth-order valence-electron chi connectivity index (χ4n) is 3.28. The minimum atomic E-state index is -3.79. The maximum Gasteiger partial charge on any atom is 0.244 e. The van der Waals surface area contributed by atoms with E-state index in [4.69, 9.17) is 4.74 Å². The van der Waals surface area contributed by atoms with E-state index in [1.54, 1.807) is 31.2 Å². The third kappa shape index (κ3) is 8.02. The summed E-state index contributed by atoms with van der Waals surface area (Å²) in [5.41, 5.74) is 1.12. The largest absolute Gasteiger partial charge is 0.497 e. The zero-order valence-corrected chi connectivity index (χ0v) is 22.4. The van der Waals surface area contributed by atoms with Gasteiger partial charge >= 0.3 is 0 Å². The highest BCUT2D eigenvalue weighted by Gasteiger charge is 2.30. The number of amides is 2. The van der Waals surface area contributed by atoms with Crippen LogP contribution in [0.15, 0.2) is 53.0 Å². The molecule has 0 fully saturated rings. The van der Waals surface area contributed by atoms with Crippen LogP contribution in [0.2, 0.25) is 0 Å². The van der Waals surface area contributed by atoms with Crippen LogP contribution in [0.1, 0.15) is 32.3 Å². The Hall–Kier alpha value is -2.59. The van der Waals surface area contributed by atoms with Crippen molar-refractivity contribution in [3.63, 3.8) is 0 Å². The van der Waals surface area contributed by atoms with Crippen LogP contribution in [0.4, 0.5) is 5.69 Å². The Bertz CT molecular complexity index is 1080. The number of methoxy groups -OCH3 is 1. The van der Waals surface area contributed by atoms with Crippen LogP contribution < -0.4 is 14.4 Å². The van der Waals surface area contributed by atoms with Crippen molar-refractivity contribution in [1.29, 1.82) is 0 Å². The molecule has 1 N–H and O–H groups in total. The van der Waals surface area contributed by atoms with Gasteiger partial charge in [-0.2, -0.15) is 0 Å². The van der Waals surface area contributed by atoms with Crippen molar-refractivity contribution in [3.8, 4) is 5.75 Å². The molecule has 2 aromatic rings. The molecule has 0 heterocycles. The molecule has 1 atom stereocenters. The molecular formula is C24H32BrN3O5S. The van der Waals surface area contributed by atoms with Crippen molar-refractivity contribution in [2.45, 2.75) is 39.3 Å². The molecule has 0 aliphatic carbocycles. The Balaban J connectivity index is 2.35. The maximum absolute atomic E-state index is 13.5. The van der Waals surface area contributed by atoms with Gasteiger partial charge in [0.2, 0.25) is 21.8 Å². The first-order valence-electron chi connectivity index (χ1n) is 11.0. The van der Waals surface area contributed by atoms with Gasteiger partial charge in [0.15, 0.2) is 0 Å². The topological polar surface area (TPSA) is 96.0 Å². The summed E-state index contributed by atoms with van der Waals surface area (Å²) in [5.74, 6) is -0.311. The molecule has 34 heavy (non-hydrogen) atoms. The van der Waals surface area contributed by atoms with Crippen LogP contribution in [-0.2, 0) is 26.2 Å². The number of nitrogens with one attached hydrogen (secondary N) is 1. The lowest BCUT2D eigenvalue weighted by Gasteiger charge is -2.31. The van der Waals surface area contributed by atoms with E-state index in [0.29, 0.717) is 18.0 Å². The van der Waals surface area contributed by atoms with Gasteiger partial charge < -0.3 is 15.0 Å². The molecule has 2 rings (SSSR count). The van der Waals surface area contributed by atoms with E-state index in [-0.39, 0.29) is 12.5 Å². The summed E-state index contributed by atoms with van der Waals surface area (Å²) < 4.78 is 32.3. The molecule has 0 unspecified atom stereocenters. The van der Waals surface area contributed by atoms with Gasteiger partial charge in [-0.15, -0.1) is 0 Å². The Morgan fingerprint density at radius 1 is 1.15 bits per heavy atom. The molecule has 2 amide bonds. The van der Waals surface area contributed by atoms with Crippen molar-refractivity contribution < 1.29 is 22.7 Å². The van der Waals surface area contributed by atoms with Crippen LogP contribution in [0.3, 0.4) is 0 Å². The number of sulfonamides is 1. The molecule has 0 aromatic heterocycles. The highest BCUT2D eigenvalue weighted by molar-refractivity contribution is 9.10. The second-order valence-corrected chi connectivity index (χ2v) is 10.8. The average molecular weight is 555 g/mol. The molecule has 186 valence electrons. The number of nitrogens with zero attached hydrogens (tertiary/aromatic N) is 2. The van der Waals surface area contributed by atoms with Crippen molar-refractivity contribution >= 4 is 43.5 Å². The lowest BCUT2D eigenvalue weighted by Crippen LogP contribution is -2.51. The van der Waals surface area contributed by atoms with Gasteiger partial charge in [0.05, 0.1) is 19.1 Å². The van der Waals surface area contributed by atoms with Gasteiger partial charge in [-0.3, -0.25) is 13.9 Å². The fraction of sp³-hybridized carbons (Fsp3) is 0.417. The van der Waals surface area contributed by atoms with E-state index in [9.17, 15) is 18.0 Å². The summed E-state index contributed by atoms with van der Waals surface area (Å²) in [6, 6.07) is 13.1. The van der Waals surface area contributed by atoms with Gasteiger partial charge in [-0.25, -0.2) is 8.42 Å². The first kappa shape index (κ1) is 27.7. The zero-order valence-electron chi connectivity index (χ0n) is 20.0. The molecule has 2 aromatic carbocycles. The van der Waals surface area contributed by atoms with Crippen molar-refractivity contribution in [1.82, 2.24) is 10.2 Å². The van der Waals surface area contributed by atoms with Gasteiger partial charge in [-0.1, -0.05) is 47.5 Å². The molecule has 0 aliphatic heterocycles. The van der Waals surface area contributed by atoms with E-state index in [1.165, 1.54) is 12.0 Å². The molecule has 0 bridgehead atoms. The molecule has 0 saturated heterocycles. The lowest BCUT2D eigenvalue weighted by atomic mass is 10.1. The fourth-order valence-corrected chi connectivity index (χ4v) is 4.39. The van der Waals surface area contributed by atoms with Crippen molar-refractivity contribution in [3.05, 3.63) is 58.6 Å². The average Bonchev–Trinajstić information content (AvgIpc) is 2.80. The van der Waals surface area contributed by atoms with Crippen molar-refractivity contribution in [2.75, 3.05) is 30.8 Å². The van der Waals surface area contributed by atoms with Gasteiger partial charge in [0, 0.05) is 23.6 Å². The first-order valence-corrected chi connectivity index (χ1v) is 13.6. The second kappa shape index (κ2) is 12.8. The van der Waals surface area contributed by atoms with E-state index in [1.807, 2.05) is 31.2 Å². The molecule has 0 radical (unpaired) electrons. The molecule has 10 heteroatoms. The van der Waals surface area contributed by atoms with Crippen LogP contribution in [0.5, 0.6) is 5.75 Å². The summed E-state index contributed by atoms with van der Waals surface area (Å²) in [6.07, 6.45) is 2.80. The highest BCUT2D eigenvalue weighted by atomic mass is 79.9. The second-order valence-electron chi connectivity index (χ2n) is 7.94. The predicted octanol–water partition coefficient (Wildman–Crippen LogP) is 3.56. The number of rotatable bonds is 12. The third-order valence-corrected chi connectivity index (χ3v) is 6.95. The smallest absolute Gasteiger partial charge is 0.244 e. The molecule has 0 aliphatic rings. The van der Waals surface area contributed by atoms with E-state index >= 15 is 0 Å². The third-order valence-electron chi connectivity index (χ3n) is 5.28. The molecule has 0 saturated carbocycles. The monoisotopic (exact) mass is 553 g/mol. The summed E-state index contributed by atoms with van der Waals surface area (Å²) in [7, 11) is -2.31. The summed E-state index contributed by atoms with van der Waals surface area (Å²) >= 11 is 3.39. The SMILES string of the molecule is CCCCNC(=O)[C@@H](C)N(Cc1ccc(Br)cc1)C(=O)CN(c1cccc(OC)c1)S(C)(=O)=O. The highest BCUT2D eigenvalue weighted by Crippen LogP contribution is 2.24. The number of hydrogen-bond donors (Lipinski definition) is 1.